The van der Waals surface area contributed by atoms with Crippen LogP contribution in [0.1, 0.15) is 18.3 Å². The highest BCUT2D eigenvalue weighted by Crippen LogP contribution is 2.24. The molecular weight excluding hydrogens is 287 g/mol. The van der Waals surface area contributed by atoms with Gasteiger partial charge in [0.05, 0.1) is 23.4 Å². The summed E-state index contributed by atoms with van der Waals surface area (Å²) in [6.07, 6.45) is 0. The number of hydrogen-bond acceptors (Lipinski definition) is 4. The lowest BCUT2D eigenvalue weighted by Gasteiger charge is -2.08. The van der Waals surface area contributed by atoms with Gasteiger partial charge in [-0.1, -0.05) is 0 Å². The van der Waals surface area contributed by atoms with Crippen LogP contribution in [0.25, 0.3) is 16.6 Å². The van der Waals surface area contributed by atoms with Crippen molar-refractivity contribution in [2.75, 3.05) is 6.61 Å². The van der Waals surface area contributed by atoms with Gasteiger partial charge in [-0.3, -0.25) is 4.79 Å². The fourth-order valence-electron chi connectivity index (χ4n) is 2.49. The fraction of sp³-hybridized carbons (Fsp3) is 0.267. The van der Waals surface area contributed by atoms with E-state index >= 15 is 0 Å². The molecule has 0 aliphatic heterocycles. The van der Waals surface area contributed by atoms with E-state index in [9.17, 15) is 9.18 Å². The third-order valence-corrected chi connectivity index (χ3v) is 3.48. The molecule has 3 rings (SSSR count). The molecule has 7 heteroatoms. The molecule has 6 nitrogen and oxygen atoms in total. The van der Waals surface area contributed by atoms with Gasteiger partial charge in [-0.05, 0) is 32.9 Å². The van der Waals surface area contributed by atoms with Gasteiger partial charge in [0, 0.05) is 6.07 Å². The molecule has 0 unspecified atom stereocenters. The van der Waals surface area contributed by atoms with E-state index in [4.69, 9.17) is 4.74 Å². The quantitative estimate of drug-likeness (QED) is 0.805. The number of hydrogen-bond donors (Lipinski definition) is 1. The van der Waals surface area contributed by atoms with Crippen molar-refractivity contribution in [2.45, 2.75) is 20.8 Å². The summed E-state index contributed by atoms with van der Waals surface area (Å²) in [5.41, 5.74) is 1.42. The van der Waals surface area contributed by atoms with E-state index < -0.39 is 11.4 Å². The van der Waals surface area contributed by atoms with Gasteiger partial charge in [0.2, 0.25) is 0 Å². The molecule has 0 amide bonds. The second-order valence-corrected chi connectivity index (χ2v) is 4.91. The number of fused-ring (bicyclic) bond motifs is 1. The molecule has 0 bridgehead atoms. The number of benzene rings is 1. The molecule has 1 N–H and O–H groups in total. The second kappa shape index (κ2) is 5.25. The number of halogens is 1. The molecule has 3 aromatic rings. The molecule has 0 aliphatic rings. The molecule has 114 valence electrons. The number of rotatable bonds is 3. The highest BCUT2D eigenvalue weighted by molar-refractivity contribution is 5.83. The molecule has 2 heterocycles. The summed E-state index contributed by atoms with van der Waals surface area (Å²) in [6.45, 7) is 5.84. The van der Waals surface area contributed by atoms with Crippen LogP contribution in [0.4, 0.5) is 4.39 Å². The van der Waals surface area contributed by atoms with Crippen molar-refractivity contribution in [2.24, 2.45) is 0 Å². The van der Waals surface area contributed by atoms with E-state index in [2.05, 4.69) is 15.3 Å². The summed E-state index contributed by atoms with van der Waals surface area (Å²) in [5.74, 6) is -0.0160. The lowest BCUT2D eigenvalue weighted by Crippen LogP contribution is -2.09. The Morgan fingerprint density at radius 1 is 1.36 bits per heavy atom. The van der Waals surface area contributed by atoms with Crippen molar-refractivity contribution >= 4 is 10.9 Å². The number of aryl methyl sites for hydroxylation is 2. The molecule has 0 fully saturated rings. The predicted molar refractivity (Wildman–Crippen MR) is 80.1 cm³/mol. The maximum atomic E-state index is 14.3. The van der Waals surface area contributed by atoms with Crippen LogP contribution in [0.3, 0.4) is 0 Å². The normalized spacial score (nSPS) is 11.1. The first-order chi connectivity index (χ1) is 10.5. The summed E-state index contributed by atoms with van der Waals surface area (Å²) in [6, 6.07) is 4.55. The summed E-state index contributed by atoms with van der Waals surface area (Å²) >= 11 is 0. The zero-order valence-electron chi connectivity index (χ0n) is 12.5. The maximum Gasteiger partial charge on any atom is 0.292 e. The van der Waals surface area contributed by atoms with Crippen molar-refractivity contribution in [3.8, 4) is 11.4 Å². The molecule has 0 saturated heterocycles. The van der Waals surface area contributed by atoms with Gasteiger partial charge < -0.3 is 4.74 Å². The van der Waals surface area contributed by atoms with E-state index in [0.29, 0.717) is 29.1 Å². The topological polar surface area (TPSA) is 72.8 Å². The molecule has 0 aliphatic carbocycles. The average Bonchev–Trinajstić information content (AvgIpc) is 2.83. The first kappa shape index (κ1) is 14.2. The number of aromatic nitrogens is 4. The van der Waals surface area contributed by atoms with E-state index in [1.807, 2.05) is 6.92 Å². The van der Waals surface area contributed by atoms with Gasteiger partial charge in [-0.2, -0.15) is 10.2 Å². The lowest BCUT2D eigenvalue weighted by atomic mass is 10.2. The Morgan fingerprint density at radius 3 is 2.77 bits per heavy atom. The molecule has 0 spiro atoms. The van der Waals surface area contributed by atoms with Crippen molar-refractivity contribution in [3.63, 3.8) is 0 Å². The van der Waals surface area contributed by atoms with Crippen LogP contribution in [0.15, 0.2) is 23.0 Å². The molecule has 22 heavy (non-hydrogen) atoms. The predicted octanol–water partition coefficient (Wildman–Crippen LogP) is 2.26. The van der Waals surface area contributed by atoms with Crippen molar-refractivity contribution in [1.82, 2.24) is 20.0 Å². The van der Waals surface area contributed by atoms with Gasteiger partial charge in [0.25, 0.3) is 5.56 Å². The van der Waals surface area contributed by atoms with Crippen molar-refractivity contribution in [1.29, 1.82) is 0 Å². The first-order valence-electron chi connectivity index (χ1n) is 6.90. The Bertz CT molecular complexity index is 914. The molecule has 0 saturated carbocycles. The highest BCUT2D eigenvalue weighted by atomic mass is 19.1. The first-order valence-corrected chi connectivity index (χ1v) is 6.90. The maximum absolute atomic E-state index is 14.3. The van der Waals surface area contributed by atoms with Crippen LogP contribution in [0, 0.1) is 19.7 Å². The monoisotopic (exact) mass is 302 g/mol. The lowest BCUT2D eigenvalue weighted by molar-refractivity contribution is 0.338. The summed E-state index contributed by atoms with van der Waals surface area (Å²) in [5, 5.41) is 11.2. The standard InChI is InChI=1S/C15H15FN4O2/c1-4-22-10-5-6-12(11(16)7-10)20-9(3)13-8(2)17-18-15(21)14(13)19-20/h5-7H,4H2,1-3H3,(H,18,21). The van der Waals surface area contributed by atoms with Crippen LogP contribution < -0.4 is 10.3 Å². The van der Waals surface area contributed by atoms with Crippen LogP contribution in [-0.2, 0) is 0 Å². The molecule has 2 aromatic heterocycles. The molecular formula is C15H15FN4O2. The third-order valence-electron chi connectivity index (χ3n) is 3.48. The van der Waals surface area contributed by atoms with Crippen LogP contribution >= 0.6 is 0 Å². The van der Waals surface area contributed by atoms with Crippen molar-refractivity contribution in [3.05, 3.63) is 45.8 Å². The van der Waals surface area contributed by atoms with Crippen LogP contribution in [0.5, 0.6) is 5.75 Å². The average molecular weight is 302 g/mol. The summed E-state index contributed by atoms with van der Waals surface area (Å²) < 4.78 is 21.0. The Balaban J connectivity index is 2.23. The summed E-state index contributed by atoms with van der Waals surface area (Å²) in [4.78, 5) is 11.8. The second-order valence-electron chi connectivity index (χ2n) is 4.91. The number of aromatic amines is 1. The van der Waals surface area contributed by atoms with Gasteiger partial charge in [-0.25, -0.2) is 14.2 Å². The minimum absolute atomic E-state index is 0.248. The van der Waals surface area contributed by atoms with Gasteiger partial charge in [0.15, 0.2) is 11.3 Å². The minimum atomic E-state index is -0.469. The Labute approximate surface area is 125 Å². The Hall–Kier alpha value is -2.70. The smallest absolute Gasteiger partial charge is 0.292 e. The molecule has 1 aromatic carbocycles. The summed E-state index contributed by atoms with van der Waals surface area (Å²) in [7, 11) is 0. The Kier molecular flexibility index (Phi) is 3.40. The van der Waals surface area contributed by atoms with E-state index in [0.717, 1.165) is 0 Å². The van der Waals surface area contributed by atoms with Gasteiger partial charge in [-0.15, -0.1) is 0 Å². The third kappa shape index (κ3) is 2.14. The van der Waals surface area contributed by atoms with E-state index in [1.165, 1.54) is 10.7 Å². The molecule has 0 radical (unpaired) electrons. The number of nitrogens with one attached hydrogen (secondary N) is 1. The molecule has 0 atom stereocenters. The van der Waals surface area contributed by atoms with Crippen LogP contribution in [-0.4, -0.2) is 26.6 Å². The van der Waals surface area contributed by atoms with Gasteiger partial charge >= 0.3 is 0 Å². The minimum Gasteiger partial charge on any atom is -0.494 e. The Morgan fingerprint density at radius 2 is 2.14 bits per heavy atom. The number of ether oxygens (including phenoxy) is 1. The number of H-pyrrole nitrogens is 1. The van der Waals surface area contributed by atoms with Crippen LogP contribution in [0.2, 0.25) is 0 Å². The van der Waals surface area contributed by atoms with E-state index in [-0.39, 0.29) is 11.2 Å². The number of nitrogens with zero attached hydrogens (tertiary/aromatic N) is 3. The zero-order chi connectivity index (χ0) is 15.9. The fourth-order valence-corrected chi connectivity index (χ4v) is 2.49. The highest BCUT2D eigenvalue weighted by Gasteiger charge is 2.17. The largest absolute Gasteiger partial charge is 0.494 e. The SMILES string of the molecule is CCOc1ccc(-n2nc3c(=O)[nH]nc(C)c3c2C)c(F)c1. The zero-order valence-corrected chi connectivity index (χ0v) is 12.5. The van der Waals surface area contributed by atoms with Crippen molar-refractivity contribution < 1.29 is 9.13 Å². The van der Waals surface area contributed by atoms with Gasteiger partial charge in [0.1, 0.15) is 11.4 Å². The van der Waals surface area contributed by atoms with E-state index in [1.54, 1.807) is 26.0 Å².